The molecule has 2 N–H and O–H groups in total. The Morgan fingerprint density at radius 1 is 1.30 bits per heavy atom. The van der Waals surface area contributed by atoms with Crippen LogP contribution in [0.3, 0.4) is 0 Å². The van der Waals surface area contributed by atoms with Crippen LogP contribution in [0, 0.1) is 21.4 Å². The van der Waals surface area contributed by atoms with Gasteiger partial charge in [-0.1, -0.05) is 0 Å². The van der Waals surface area contributed by atoms with Crippen LogP contribution in [-0.2, 0) is 14.6 Å². The Morgan fingerprint density at radius 2 is 1.93 bits per heavy atom. The average Bonchev–Trinajstić information content (AvgIpc) is 2.58. The van der Waals surface area contributed by atoms with Crippen molar-refractivity contribution < 1.29 is 27.6 Å². The van der Waals surface area contributed by atoms with Crippen LogP contribution in [-0.4, -0.2) is 41.1 Å². The molecule has 1 aromatic carbocycles. The first-order valence-electron chi connectivity index (χ1n) is 8.20. The highest BCUT2D eigenvalue weighted by Gasteiger charge is 2.30. The fourth-order valence-corrected chi connectivity index (χ4v) is 2.63. The number of hydrogen-bond donors (Lipinski definition) is 1. The summed E-state index contributed by atoms with van der Waals surface area (Å²) in [6.45, 7) is 4.89. The molecule has 0 radical (unpaired) electrons. The first kappa shape index (κ1) is 22.5. The summed E-state index contributed by atoms with van der Waals surface area (Å²) in [7, 11) is -3.99. The molecule has 0 saturated carbocycles. The number of ether oxygens (including phenoxy) is 2. The molecule has 2 aromatic rings. The third kappa shape index (κ3) is 5.17. The lowest BCUT2D eigenvalue weighted by molar-refractivity contribution is -0.385. The molecule has 1 heterocycles. The highest BCUT2D eigenvalue weighted by atomic mass is 32.2. The second-order valence-corrected chi connectivity index (χ2v) is 8.91. The molecule has 0 bridgehead atoms. The van der Waals surface area contributed by atoms with Crippen LogP contribution in [0.2, 0.25) is 0 Å². The van der Waals surface area contributed by atoms with Crippen LogP contribution in [0.5, 0.6) is 11.6 Å². The van der Waals surface area contributed by atoms with E-state index in [9.17, 15) is 23.3 Å². The molecule has 0 aliphatic heterocycles. The van der Waals surface area contributed by atoms with Gasteiger partial charge in [-0.3, -0.25) is 10.1 Å². The molecule has 30 heavy (non-hydrogen) atoms. The molecule has 0 saturated heterocycles. The minimum atomic E-state index is -3.99. The van der Waals surface area contributed by atoms with Crippen molar-refractivity contribution in [2.75, 3.05) is 12.0 Å². The molecule has 0 fully saturated rings. The molecule has 1 aromatic heterocycles. The third-order valence-corrected chi connectivity index (χ3v) is 4.15. The maximum absolute atomic E-state index is 12.5. The van der Waals surface area contributed by atoms with E-state index in [1.165, 1.54) is 12.1 Å². The van der Waals surface area contributed by atoms with E-state index in [2.05, 4.69) is 9.97 Å². The van der Waals surface area contributed by atoms with Crippen molar-refractivity contribution in [2.45, 2.75) is 31.5 Å². The number of rotatable bonds is 5. The Balaban J connectivity index is 2.69. The Bertz CT molecular complexity index is 1180. The molecule has 158 valence electrons. The number of nitriles is 1. The van der Waals surface area contributed by atoms with E-state index in [0.29, 0.717) is 0 Å². The number of nitro groups is 1. The van der Waals surface area contributed by atoms with Gasteiger partial charge in [0.1, 0.15) is 16.9 Å². The van der Waals surface area contributed by atoms with Crippen molar-refractivity contribution in [3.05, 3.63) is 39.4 Å². The molecule has 13 heteroatoms. The topological polar surface area (TPSA) is 188 Å². The van der Waals surface area contributed by atoms with Gasteiger partial charge in [-0.2, -0.15) is 15.2 Å². The average molecular weight is 435 g/mol. The van der Waals surface area contributed by atoms with Crippen molar-refractivity contribution >= 4 is 27.3 Å². The van der Waals surface area contributed by atoms with E-state index in [1.807, 2.05) is 6.07 Å². The number of carbonyl (C=O) groups is 1. The van der Waals surface area contributed by atoms with Gasteiger partial charge in [-0.15, -0.1) is 0 Å². The number of nitrogens with zero attached hydrogens (tertiary/aromatic N) is 4. The number of benzene rings is 1. The summed E-state index contributed by atoms with van der Waals surface area (Å²) in [4.78, 5) is 29.9. The zero-order chi connectivity index (χ0) is 22.9. The van der Waals surface area contributed by atoms with Crippen molar-refractivity contribution in [3.8, 4) is 17.7 Å². The lowest BCUT2D eigenvalue weighted by Gasteiger charge is -2.20. The number of aromatic nitrogens is 2. The summed E-state index contributed by atoms with van der Waals surface area (Å²) in [5, 5.41) is 19.7. The van der Waals surface area contributed by atoms with Crippen molar-refractivity contribution in [1.29, 1.82) is 5.26 Å². The smallest absolute Gasteiger partial charge is 0.373 e. The molecular weight excluding hydrogens is 418 g/mol. The quantitative estimate of drug-likeness (QED) is 0.313. The predicted molar refractivity (Wildman–Crippen MR) is 103 cm³/mol. The molecule has 2 rings (SSSR count). The molecule has 0 atom stereocenters. The zero-order valence-corrected chi connectivity index (χ0v) is 17.2. The summed E-state index contributed by atoms with van der Waals surface area (Å²) in [5.41, 5.74) is 3.65. The van der Waals surface area contributed by atoms with Crippen LogP contribution in [0.4, 0.5) is 11.5 Å². The largest absolute Gasteiger partial charge is 0.456 e. The summed E-state index contributed by atoms with van der Waals surface area (Å²) >= 11 is 0. The van der Waals surface area contributed by atoms with E-state index in [0.717, 1.165) is 12.3 Å². The van der Waals surface area contributed by atoms with E-state index in [1.54, 1.807) is 20.8 Å². The Hall–Kier alpha value is -3.79. The van der Waals surface area contributed by atoms with Crippen molar-refractivity contribution in [2.24, 2.45) is 0 Å². The number of carbonyl (C=O) groups excluding carboxylic acids is 1. The molecule has 0 unspecified atom stereocenters. The van der Waals surface area contributed by atoms with Gasteiger partial charge in [0.2, 0.25) is 15.7 Å². The fourth-order valence-electron chi connectivity index (χ4n) is 2.12. The molecule has 0 amide bonds. The van der Waals surface area contributed by atoms with Gasteiger partial charge in [0.15, 0.2) is 0 Å². The van der Waals surface area contributed by atoms with Crippen LogP contribution < -0.4 is 10.5 Å². The van der Waals surface area contributed by atoms with Crippen LogP contribution >= 0.6 is 0 Å². The SMILES string of the molecule is CC(C)(C)OC(=O)c1ccc(C#N)cc1Oc1nc(S(C)(=O)=O)nc(N)c1[N+](=O)[O-]. The summed E-state index contributed by atoms with van der Waals surface area (Å²) in [6.07, 6.45) is 0.778. The van der Waals surface area contributed by atoms with Gasteiger partial charge < -0.3 is 15.2 Å². The van der Waals surface area contributed by atoms with Gasteiger partial charge >= 0.3 is 17.5 Å². The highest BCUT2D eigenvalue weighted by molar-refractivity contribution is 7.90. The van der Waals surface area contributed by atoms with E-state index < -0.39 is 48.9 Å². The fraction of sp³-hybridized carbons (Fsp3) is 0.294. The van der Waals surface area contributed by atoms with Crippen molar-refractivity contribution in [3.63, 3.8) is 0 Å². The normalized spacial score (nSPS) is 11.4. The monoisotopic (exact) mass is 435 g/mol. The summed E-state index contributed by atoms with van der Waals surface area (Å²) < 4.78 is 34.2. The number of anilines is 1. The second-order valence-electron chi connectivity index (χ2n) is 7.00. The van der Waals surface area contributed by atoms with Crippen molar-refractivity contribution in [1.82, 2.24) is 9.97 Å². The highest BCUT2D eigenvalue weighted by Crippen LogP contribution is 2.36. The van der Waals surface area contributed by atoms with E-state index >= 15 is 0 Å². The Labute approximate surface area is 171 Å². The number of hydrogen-bond acceptors (Lipinski definition) is 11. The second kappa shape index (κ2) is 7.91. The lowest BCUT2D eigenvalue weighted by atomic mass is 10.1. The van der Waals surface area contributed by atoms with Gasteiger partial charge in [0.05, 0.1) is 16.6 Å². The van der Waals surface area contributed by atoms with Crippen LogP contribution in [0.1, 0.15) is 36.7 Å². The summed E-state index contributed by atoms with van der Waals surface area (Å²) in [6, 6.07) is 5.51. The van der Waals surface area contributed by atoms with Gasteiger partial charge in [0.25, 0.3) is 5.16 Å². The van der Waals surface area contributed by atoms with Gasteiger partial charge in [0, 0.05) is 6.26 Å². The first-order chi connectivity index (χ1) is 13.7. The maximum atomic E-state index is 12.5. The zero-order valence-electron chi connectivity index (χ0n) is 16.4. The molecule has 12 nitrogen and oxygen atoms in total. The number of nitrogens with two attached hydrogens (primary N) is 1. The van der Waals surface area contributed by atoms with E-state index in [-0.39, 0.29) is 16.9 Å². The molecular formula is C17H17N5O7S. The third-order valence-electron chi connectivity index (χ3n) is 3.31. The number of esters is 1. The Morgan fingerprint density at radius 3 is 2.43 bits per heavy atom. The molecule has 0 spiro atoms. The summed E-state index contributed by atoms with van der Waals surface area (Å²) in [5.74, 6) is -2.72. The minimum Gasteiger partial charge on any atom is -0.456 e. The van der Waals surface area contributed by atoms with Crippen LogP contribution in [0.15, 0.2) is 23.4 Å². The standard InChI is InChI=1S/C17H17N5O7S/c1-17(2,3)29-15(23)10-6-5-9(8-18)7-11(10)28-14-12(22(24)25)13(19)20-16(21-14)30(4,26)27/h5-7H,1-4H3,(H2,19,20,21). The maximum Gasteiger partial charge on any atom is 0.373 e. The minimum absolute atomic E-state index is 0.0605. The number of nitrogen functional groups attached to an aromatic ring is 1. The van der Waals surface area contributed by atoms with Crippen LogP contribution in [0.25, 0.3) is 0 Å². The van der Waals surface area contributed by atoms with E-state index in [4.69, 9.17) is 20.5 Å². The predicted octanol–water partition coefficient (Wildman–Crippen LogP) is 1.99. The first-order valence-corrected chi connectivity index (χ1v) is 10.1. The van der Waals surface area contributed by atoms with Gasteiger partial charge in [-0.05, 0) is 39.0 Å². The Kier molecular flexibility index (Phi) is 5.94. The lowest BCUT2D eigenvalue weighted by Crippen LogP contribution is -2.24. The molecule has 0 aliphatic rings. The number of sulfone groups is 1. The molecule has 0 aliphatic carbocycles. The van der Waals surface area contributed by atoms with Gasteiger partial charge in [-0.25, -0.2) is 13.2 Å².